The molecule has 35 heavy (non-hydrogen) atoms. The number of carbonyl (C=O) groups excluding carboxylic acids is 1. The van der Waals surface area contributed by atoms with Crippen molar-refractivity contribution >= 4 is 11.6 Å². The summed E-state index contributed by atoms with van der Waals surface area (Å²) in [5.74, 6) is 2.65. The van der Waals surface area contributed by atoms with Crippen LogP contribution in [0.5, 0.6) is 11.5 Å². The number of aryl methyl sites for hydroxylation is 2. The van der Waals surface area contributed by atoms with E-state index in [1.54, 1.807) is 4.90 Å². The third kappa shape index (κ3) is 4.36. The molecule has 2 amide bonds. The summed E-state index contributed by atoms with van der Waals surface area (Å²) in [6.07, 6.45) is 0.888. The number of amides is 2. The van der Waals surface area contributed by atoms with Gasteiger partial charge in [-0.2, -0.15) is 4.98 Å². The largest absolute Gasteiger partial charge is 0.454 e. The summed E-state index contributed by atoms with van der Waals surface area (Å²) >= 11 is 0. The van der Waals surface area contributed by atoms with E-state index in [-0.39, 0.29) is 12.8 Å². The predicted octanol–water partition coefficient (Wildman–Crippen LogP) is 5.63. The third-order valence-electron chi connectivity index (χ3n) is 6.68. The molecule has 0 radical (unpaired) electrons. The standard InChI is InChI=1S/C27H30N4O4/c1-15(2)10-11-31-18(5)23(24(28-27(31)32)19-7-6-16(3)17(4)12-19)26-29-25(30-35-26)20-8-9-21-22(13-20)34-14-33-21/h6-9,12-13,15,24H,10-11,14H2,1-5H3,(H,28,32). The minimum Gasteiger partial charge on any atom is -0.454 e. The van der Waals surface area contributed by atoms with Crippen LogP contribution >= 0.6 is 0 Å². The molecule has 0 fully saturated rings. The first-order valence-electron chi connectivity index (χ1n) is 11.9. The SMILES string of the molecule is CC1=C(c2nc(-c3ccc4c(c3)OCO4)no2)C(c2ccc(C)c(C)c2)NC(=O)N1CCC(C)C. The molecule has 5 rings (SSSR count). The molecule has 3 aromatic rings. The minimum atomic E-state index is -0.401. The van der Waals surface area contributed by atoms with Crippen LogP contribution < -0.4 is 14.8 Å². The van der Waals surface area contributed by atoms with Crippen LogP contribution in [0.1, 0.15) is 55.8 Å². The Balaban J connectivity index is 1.57. The van der Waals surface area contributed by atoms with E-state index < -0.39 is 6.04 Å². The fourth-order valence-corrected chi connectivity index (χ4v) is 4.39. The van der Waals surface area contributed by atoms with Gasteiger partial charge in [0.15, 0.2) is 11.5 Å². The number of benzene rings is 2. The third-order valence-corrected chi connectivity index (χ3v) is 6.68. The molecule has 0 saturated carbocycles. The van der Waals surface area contributed by atoms with Crippen molar-refractivity contribution in [3.63, 3.8) is 0 Å². The summed E-state index contributed by atoms with van der Waals surface area (Å²) in [6.45, 7) is 11.2. The number of rotatable bonds is 6. The lowest BCUT2D eigenvalue weighted by Crippen LogP contribution is -2.46. The molecule has 1 aromatic heterocycles. The van der Waals surface area contributed by atoms with Gasteiger partial charge >= 0.3 is 6.03 Å². The number of urea groups is 1. The molecule has 2 aliphatic rings. The molecule has 0 aliphatic carbocycles. The van der Waals surface area contributed by atoms with Crippen LogP contribution in [0.2, 0.25) is 0 Å². The Morgan fingerprint density at radius 1 is 1.06 bits per heavy atom. The van der Waals surface area contributed by atoms with Crippen molar-refractivity contribution < 1.29 is 18.8 Å². The molecule has 182 valence electrons. The molecule has 2 aliphatic heterocycles. The maximum absolute atomic E-state index is 13.2. The van der Waals surface area contributed by atoms with Crippen molar-refractivity contribution in [2.45, 2.75) is 47.1 Å². The molecule has 3 heterocycles. The Morgan fingerprint density at radius 3 is 2.63 bits per heavy atom. The summed E-state index contributed by atoms with van der Waals surface area (Å²) in [6, 6.07) is 11.3. The smallest absolute Gasteiger partial charge is 0.322 e. The monoisotopic (exact) mass is 474 g/mol. The number of hydrogen-bond donors (Lipinski definition) is 1. The first-order chi connectivity index (χ1) is 16.8. The van der Waals surface area contributed by atoms with Crippen molar-refractivity contribution in [1.82, 2.24) is 20.4 Å². The summed E-state index contributed by atoms with van der Waals surface area (Å²) < 4.78 is 16.7. The molecular formula is C27H30N4O4. The Hall–Kier alpha value is -3.81. The van der Waals surface area contributed by atoms with Crippen molar-refractivity contribution in [2.24, 2.45) is 5.92 Å². The van der Waals surface area contributed by atoms with Crippen molar-refractivity contribution in [3.05, 3.63) is 64.7 Å². The molecule has 1 unspecified atom stereocenters. The van der Waals surface area contributed by atoms with Crippen molar-refractivity contribution in [3.8, 4) is 22.9 Å². The van der Waals surface area contributed by atoms with Gasteiger partial charge in [0, 0.05) is 17.8 Å². The molecule has 0 spiro atoms. The zero-order chi connectivity index (χ0) is 24.7. The highest BCUT2D eigenvalue weighted by Crippen LogP contribution is 2.39. The fraction of sp³-hybridized carbons (Fsp3) is 0.370. The zero-order valence-corrected chi connectivity index (χ0v) is 20.7. The molecule has 0 saturated heterocycles. The van der Waals surface area contributed by atoms with E-state index in [0.29, 0.717) is 35.7 Å². The van der Waals surface area contributed by atoms with Gasteiger partial charge < -0.3 is 19.3 Å². The summed E-state index contributed by atoms with van der Waals surface area (Å²) in [7, 11) is 0. The molecule has 8 nitrogen and oxygen atoms in total. The predicted molar refractivity (Wildman–Crippen MR) is 132 cm³/mol. The Bertz CT molecular complexity index is 1310. The average molecular weight is 475 g/mol. The highest BCUT2D eigenvalue weighted by atomic mass is 16.7. The number of nitrogens with zero attached hydrogens (tertiary/aromatic N) is 3. The van der Waals surface area contributed by atoms with Gasteiger partial charge in [0.25, 0.3) is 5.89 Å². The molecule has 1 N–H and O–H groups in total. The maximum atomic E-state index is 13.2. The first kappa shape index (κ1) is 23.0. The first-order valence-corrected chi connectivity index (χ1v) is 11.9. The minimum absolute atomic E-state index is 0.120. The van der Waals surface area contributed by atoms with Crippen LogP contribution in [0.25, 0.3) is 17.0 Å². The normalized spacial score (nSPS) is 17.4. The van der Waals surface area contributed by atoms with Gasteiger partial charge in [-0.1, -0.05) is 37.2 Å². The number of aromatic nitrogens is 2. The quantitative estimate of drug-likeness (QED) is 0.498. The van der Waals surface area contributed by atoms with Crippen LogP contribution in [-0.4, -0.2) is 34.4 Å². The van der Waals surface area contributed by atoms with Gasteiger partial charge in [0.1, 0.15) is 0 Å². The van der Waals surface area contributed by atoms with Crippen LogP contribution in [0.4, 0.5) is 4.79 Å². The Kier molecular flexibility index (Phi) is 5.96. The lowest BCUT2D eigenvalue weighted by molar-refractivity contribution is 0.174. The number of carbonyl (C=O) groups is 1. The topological polar surface area (TPSA) is 89.7 Å². The second kappa shape index (κ2) is 9.09. The number of allylic oxidation sites excluding steroid dienone is 1. The van der Waals surface area contributed by atoms with Gasteiger partial charge in [0.2, 0.25) is 12.6 Å². The van der Waals surface area contributed by atoms with E-state index in [4.69, 9.17) is 19.0 Å². The fourth-order valence-electron chi connectivity index (χ4n) is 4.39. The van der Waals surface area contributed by atoms with E-state index >= 15 is 0 Å². The molecule has 2 aromatic carbocycles. The lowest BCUT2D eigenvalue weighted by Gasteiger charge is -2.35. The van der Waals surface area contributed by atoms with E-state index in [1.807, 2.05) is 31.2 Å². The number of ether oxygens (including phenoxy) is 2. The van der Waals surface area contributed by atoms with E-state index in [9.17, 15) is 4.79 Å². The second-order valence-corrected chi connectivity index (χ2v) is 9.55. The Morgan fingerprint density at radius 2 is 1.86 bits per heavy atom. The van der Waals surface area contributed by atoms with Crippen molar-refractivity contribution in [1.29, 1.82) is 0 Å². The van der Waals surface area contributed by atoms with Gasteiger partial charge in [0.05, 0.1) is 11.6 Å². The average Bonchev–Trinajstić information content (AvgIpc) is 3.49. The summed E-state index contributed by atoms with van der Waals surface area (Å²) in [5, 5.41) is 7.43. The van der Waals surface area contributed by atoms with E-state index in [0.717, 1.165) is 34.4 Å². The van der Waals surface area contributed by atoms with Gasteiger partial charge in [-0.25, -0.2) is 4.79 Å². The van der Waals surface area contributed by atoms with E-state index in [1.165, 1.54) is 5.56 Å². The van der Waals surface area contributed by atoms with E-state index in [2.05, 4.69) is 50.3 Å². The van der Waals surface area contributed by atoms with Crippen LogP contribution in [0.3, 0.4) is 0 Å². The van der Waals surface area contributed by atoms with Gasteiger partial charge in [-0.3, -0.25) is 4.90 Å². The highest BCUT2D eigenvalue weighted by Gasteiger charge is 2.36. The molecular weight excluding hydrogens is 444 g/mol. The number of fused-ring (bicyclic) bond motifs is 1. The molecule has 1 atom stereocenters. The summed E-state index contributed by atoms with van der Waals surface area (Å²) in [4.78, 5) is 19.7. The molecule has 0 bridgehead atoms. The second-order valence-electron chi connectivity index (χ2n) is 9.55. The lowest BCUT2D eigenvalue weighted by atomic mass is 9.92. The molecule has 8 heteroatoms. The highest BCUT2D eigenvalue weighted by molar-refractivity contribution is 5.87. The van der Waals surface area contributed by atoms with Crippen LogP contribution in [0.15, 0.2) is 46.6 Å². The van der Waals surface area contributed by atoms with Crippen LogP contribution in [0, 0.1) is 19.8 Å². The number of hydrogen-bond acceptors (Lipinski definition) is 6. The maximum Gasteiger partial charge on any atom is 0.322 e. The van der Waals surface area contributed by atoms with Gasteiger partial charge in [-0.15, -0.1) is 0 Å². The Labute approximate surface area is 204 Å². The van der Waals surface area contributed by atoms with Crippen LogP contribution in [-0.2, 0) is 0 Å². The summed E-state index contributed by atoms with van der Waals surface area (Å²) in [5.41, 5.74) is 5.71. The van der Waals surface area contributed by atoms with Gasteiger partial charge in [-0.05, 0) is 68.0 Å². The van der Waals surface area contributed by atoms with Crippen molar-refractivity contribution in [2.75, 3.05) is 13.3 Å². The number of nitrogens with one attached hydrogen (secondary N) is 1. The zero-order valence-electron chi connectivity index (χ0n) is 20.7.